The van der Waals surface area contributed by atoms with Gasteiger partial charge in [-0.1, -0.05) is 24.8 Å². The Hall–Kier alpha value is -2.80. The van der Waals surface area contributed by atoms with Gasteiger partial charge in [-0.3, -0.25) is 4.79 Å². The monoisotopic (exact) mass is 251 g/mol. The minimum Gasteiger partial charge on any atom is -0.335 e. The first-order chi connectivity index (χ1) is 9.24. The number of hydrogen-bond acceptors (Lipinski definition) is 2. The summed E-state index contributed by atoms with van der Waals surface area (Å²) in [6, 6.07) is 13.2. The summed E-state index contributed by atoms with van der Waals surface area (Å²) in [5.41, 5.74) is 2.25. The Morgan fingerprint density at radius 1 is 1.37 bits per heavy atom. The third kappa shape index (κ3) is 2.90. The van der Waals surface area contributed by atoms with E-state index in [2.05, 4.69) is 18.0 Å². The maximum absolute atomic E-state index is 11.4. The summed E-state index contributed by atoms with van der Waals surface area (Å²) in [6.07, 6.45) is 3.07. The van der Waals surface area contributed by atoms with E-state index in [1.165, 1.54) is 6.08 Å². The van der Waals surface area contributed by atoms with Crippen LogP contribution < -0.4 is 5.32 Å². The van der Waals surface area contributed by atoms with Gasteiger partial charge in [-0.05, 0) is 29.8 Å². The summed E-state index contributed by atoms with van der Waals surface area (Å²) in [5, 5.41) is 11.7. The minimum atomic E-state index is -0.250. The smallest absolute Gasteiger partial charge is 0.247 e. The fourth-order valence-electron chi connectivity index (χ4n) is 1.80. The Balaban J connectivity index is 2.28. The summed E-state index contributed by atoms with van der Waals surface area (Å²) in [7, 11) is 0. The first kappa shape index (κ1) is 12.7. The van der Waals surface area contributed by atoms with Crippen LogP contribution in [0.3, 0.4) is 0 Å². The van der Waals surface area contributed by atoms with E-state index in [4.69, 9.17) is 5.26 Å². The summed E-state index contributed by atoms with van der Waals surface area (Å²) in [6.45, 7) is 3.96. The molecule has 0 saturated carbocycles. The quantitative estimate of drug-likeness (QED) is 0.849. The highest BCUT2D eigenvalue weighted by molar-refractivity contribution is 5.99. The van der Waals surface area contributed by atoms with Crippen molar-refractivity contribution in [2.24, 2.45) is 0 Å². The number of hydrogen-bond donors (Lipinski definition) is 1. The van der Waals surface area contributed by atoms with Gasteiger partial charge in [0.25, 0.3) is 0 Å². The van der Waals surface area contributed by atoms with E-state index in [1.807, 2.05) is 41.1 Å². The topological polar surface area (TPSA) is 57.8 Å². The summed E-state index contributed by atoms with van der Waals surface area (Å²) in [5.74, 6) is -0.250. The number of rotatable bonds is 4. The van der Waals surface area contributed by atoms with Gasteiger partial charge >= 0.3 is 0 Å². The lowest BCUT2D eigenvalue weighted by Crippen LogP contribution is -2.11. The number of para-hydroxylation sites is 1. The van der Waals surface area contributed by atoms with Crippen LogP contribution in [0.25, 0.3) is 0 Å². The molecule has 2 aromatic rings. The third-order valence-electron chi connectivity index (χ3n) is 2.75. The van der Waals surface area contributed by atoms with Crippen LogP contribution in [0.5, 0.6) is 0 Å². The molecule has 0 atom stereocenters. The molecule has 1 heterocycles. The predicted molar refractivity (Wildman–Crippen MR) is 73.5 cm³/mol. The van der Waals surface area contributed by atoms with Gasteiger partial charge in [-0.15, -0.1) is 0 Å². The maximum Gasteiger partial charge on any atom is 0.247 e. The van der Waals surface area contributed by atoms with E-state index in [1.54, 1.807) is 6.07 Å². The number of amides is 1. The van der Waals surface area contributed by atoms with Crippen molar-refractivity contribution < 1.29 is 4.79 Å². The minimum absolute atomic E-state index is 0.250. The van der Waals surface area contributed by atoms with Gasteiger partial charge in [0.1, 0.15) is 11.8 Å². The molecule has 1 amide bonds. The van der Waals surface area contributed by atoms with Gasteiger partial charge in [0.2, 0.25) is 5.91 Å². The van der Waals surface area contributed by atoms with Crippen LogP contribution in [-0.2, 0) is 11.3 Å². The molecular formula is C15H13N3O. The van der Waals surface area contributed by atoms with Gasteiger partial charge in [0, 0.05) is 11.9 Å². The van der Waals surface area contributed by atoms with Crippen molar-refractivity contribution in [3.8, 4) is 6.07 Å². The molecule has 0 bridgehead atoms. The van der Waals surface area contributed by atoms with E-state index in [9.17, 15) is 4.79 Å². The molecule has 19 heavy (non-hydrogen) atoms. The van der Waals surface area contributed by atoms with Crippen LogP contribution >= 0.6 is 0 Å². The number of nitrogens with zero attached hydrogens (tertiary/aromatic N) is 2. The second-order valence-corrected chi connectivity index (χ2v) is 3.98. The number of nitriles is 1. The van der Waals surface area contributed by atoms with Gasteiger partial charge in [-0.25, -0.2) is 0 Å². The Morgan fingerprint density at radius 3 is 2.89 bits per heavy atom. The van der Waals surface area contributed by atoms with Crippen LogP contribution in [0.4, 0.5) is 5.69 Å². The van der Waals surface area contributed by atoms with Crippen LogP contribution in [-0.4, -0.2) is 10.5 Å². The van der Waals surface area contributed by atoms with Crippen molar-refractivity contribution in [1.82, 2.24) is 4.57 Å². The van der Waals surface area contributed by atoms with Crippen molar-refractivity contribution in [3.63, 3.8) is 0 Å². The van der Waals surface area contributed by atoms with E-state index in [-0.39, 0.29) is 5.91 Å². The third-order valence-corrected chi connectivity index (χ3v) is 2.75. The molecule has 0 fully saturated rings. The molecule has 1 aromatic carbocycles. The highest BCUT2D eigenvalue weighted by atomic mass is 16.1. The van der Waals surface area contributed by atoms with E-state index < -0.39 is 0 Å². The van der Waals surface area contributed by atoms with Crippen molar-refractivity contribution in [3.05, 3.63) is 66.5 Å². The predicted octanol–water partition coefficient (Wildman–Crippen LogP) is 2.53. The lowest BCUT2D eigenvalue weighted by Gasteiger charge is -2.11. The average Bonchev–Trinajstić information content (AvgIpc) is 2.88. The number of aromatic nitrogens is 1. The lowest BCUT2D eigenvalue weighted by atomic mass is 10.1. The Morgan fingerprint density at radius 2 is 2.16 bits per heavy atom. The van der Waals surface area contributed by atoms with Crippen LogP contribution in [0.1, 0.15) is 11.3 Å². The Labute approximate surface area is 111 Å². The van der Waals surface area contributed by atoms with Gasteiger partial charge in [0.05, 0.1) is 6.54 Å². The number of nitrogens with one attached hydrogen (secondary N) is 1. The average molecular weight is 251 g/mol. The first-order valence-electron chi connectivity index (χ1n) is 5.81. The lowest BCUT2D eigenvalue weighted by molar-refractivity contribution is -0.111. The normalized spacial score (nSPS) is 9.63. The molecule has 0 aliphatic heterocycles. The summed E-state index contributed by atoms with van der Waals surface area (Å²) >= 11 is 0. The Bertz CT molecular complexity index is 649. The summed E-state index contributed by atoms with van der Waals surface area (Å²) < 4.78 is 1.83. The molecule has 1 aromatic heterocycles. The fraction of sp³-hybridized carbons (Fsp3) is 0.0667. The molecule has 4 nitrogen and oxygen atoms in total. The fourth-order valence-corrected chi connectivity index (χ4v) is 1.80. The zero-order chi connectivity index (χ0) is 13.7. The van der Waals surface area contributed by atoms with Crippen molar-refractivity contribution >= 4 is 11.6 Å². The van der Waals surface area contributed by atoms with Crippen molar-refractivity contribution in [2.75, 3.05) is 5.32 Å². The van der Waals surface area contributed by atoms with Crippen LogP contribution in [0, 0.1) is 11.3 Å². The van der Waals surface area contributed by atoms with E-state index >= 15 is 0 Å². The van der Waals surface area contributed by atoms with E-state index in [0.29, 0.717) is 12.2 Å². The van der Waals surface area contributed by atoms with Gasteiger partial charge in [-0.2, -0.15) is 5.26 Å². The second-order valence-electron chi connectivity index (χ2n) is 3.98. The number of anilines is 1. The molecule has 94 valence electrons. The molecule has 0 radical (unpaired) electrons. The largest absolute Gasteiger partial charge is 0.335 e. The molecule has 0 aliphatic rings. The molecule has 4 heteroatoms. The molecule has 0 aliphatic carbocycles. The van der Waals surface area contributed by atoms with Crippen molar-refractivity contribution in [2.45, 2.75) is 6.54 Å². The SMILES string of the molecule is C=CC(=O)Nc1ccccc1Cn1cccc1C#N. The van der Waals surface area contributed by atoms with Gasteiger partial charge < -0.3 is 9.88 Å². The highest BCUT2D eigenvalue weighted by Crippen LogP contribution is 2.17. The summed E-state index contributed by atoms with van der Waals surface area (Å²) in [4.78, 5) is 11.4. The number of carbonyl (C=O) groups is 1. The van der Waals surface area contributed by atoms with Crippen LogP contribution in [0.15, 0.2) is 55.3 Å². The van der Waals surface area contributed by atoms with Crippen LogP contribution in [0.2, 0.25) is 0 Å². The molecule has 1 N–H and O–H groups in total. The Kier molecular flexibility index (Phi) is 3.79. The molecule has 0 unspecified atom stereocenters. The number of benzene rings is 1. The first-order valence-corrected chi connectivity index (χ1v) is 5.81. The molecular weight excluding hydrogens is 238 g/mol. The van der Waals surface area contributed by atoms with E-state index in [0.717, 1.165) is 11.3 Å². The molecule has 2 rings (SSSR count). The maximum atomic E-state index is 11.4. The highest BCUT2D eigenvalue weighted by Gasteiger charge is 2.06. The zero-order valence-electron chi connectivity index (χ0n) is 10.3. The number of carbonyl (C=O) groups excluding carboxylic acids is 1. The molecule has 0 spiro atoms. The van der Waals surface area contributed by atoms with Crippen molar-refractivity contribution in [1.29, 1.82) is 5.26 Å². The zero-order valence-corrected chi connectivity index (χ0v) is 10.3. The molecule has 0 saturated heterocycles. The second kappa shape index (κ2) is 5.69. The van der Waals surface area contributed by atoms with Gasteiger partial charge in [0.15, 0.2) is 0 Å². The standard InChI is InChI=1S/C15H13N3O/c1-2-15(19)17-14-8-4-3-6-12(14)11-18-9-5-7-13(18)10-16/h2-9H,1,11H2,(H,17,19).